The Labute approximate surface area is 153 Å². The van der Waals surface area contributed by atoms with E-state index in [1.54, 1.807) is 24.3 Å². The SMILES string of the molecule is CCc1ccc(/C=C/C2CCC(c3ccc(C)cc3F)CC2)c(F)c1F. The average molecular weight is 358 g/mol. The van der Waals surface area contributed by atoms with E-state index in [-0.39, 0.29) is 11.7 Å². The lowest BCUT2D eigenvalue weighted by Gasteiger charge is -2.27. The molecule has 0 unspecified atom stereocenters. The molecular formula is C23H25F3. The van der Waals surface area contributed by atoms with Crippen molar-refractivity contribution in [3.8, 4) is 0 Å². The number of hydrogen-bond acceptors (Lipinski definition) is 0. The fraction of sp³-hybridized carbons (Fsp3) is 0.391. The van der Waals surface area contributed by atoms with Crippen LogP contribution < -0.4 is 0 Å². The lowest BCUT2D eigenvalue weighted by Crippen LogP contribution is -2.13. The Morgan fingerprint density at radius 3 is 2.35 bits per heavy atom. The highest BCUT2D eigenvalue weighted by Crippen LogP contribution is 2.37. The van der Waals surface area contributed by atoms with Crippen LogP contribution in [0.5, 0.6) is 0 Å². The summed E-state index contributed by atoms with van der Waals surface area (Å²) < 4.78 is 42.1. The summed E-state index contributed by atoms with van der Waals surface area (Å²) in [5, 5.41) is 0. The molecule has 26 heavy (non-hydrogen) atoms. The monoisotopic (exact) mass is 358 g/mol. The Morgan fingerprint density at radius 1 is 0.962 bits per heavy atom. The lowest BCUT2D eigenvalue weighted by molar-refractivity contribution is 0.369. The second kappa shape index (κ2) is 8.11. The van der Waals surface area contributed by atoms with Crippen molar-refractivity contribution < 1.29 is 13.2 Å². The van der Waals surface area contributed by atoms with Crippen LogP contribution in [0.25, 0.3) is 6.08 Å². The number of allylic oxidation sites excluding steroid dienone is 1. The third kappa shape index (κ3) is 4.03. The van der Waals surface area contributed by atoms with Gasteiger partial charge in [0.2, 0.25) is 0 Å². The molecule has 0 radical (unpaired) electrons. The maximum absolute atomic E-state index is 14.2. The van der Waals surface area contributed by atoms with Gasteiger partial charge in [0.05, 0.1) is 0 Å². The topological polar surface area (TPSA) is 0 Å². The molecule has 1 aliphatic rings. The molecule has 1 saturated carbocycles. The largest absolute Gasteiger partial charge is 0.207 e. The Kier molecular flexibility index (Phi) is 5.85. The van der Waals surface area contributed by atoms with Crippen molar-refractivity contribution in [1.82, 2.24) is 0 Å². The minimum atomic E-state index is -0.768. The van der Waals surface area contributed by atoms with Crippen LogP contribution in [0, 0.1) is 30.3 Å². The van der Waals surface area contributed by atoms with E-state index < -0.39 is 11.6 Å². The molecule has 0 saturated heterocycles. The van der Waals surface area contributed by atoms with Crippen molar-refractivity contribution >= 4 is 6.08 Å². The van der Waals surface area contributed by atoms with Crippen molar-refractivity contribution in [1.29, 1.82) is 0 Å². The van der Waals surface area contributed by atoms with Gasteiger partial charge in [0.1, 0.15) is 5.82 Å². The van der Waals surface area contributed by atoms with Crippen molar-refractivity contribution in [3.05, 3.63) is 76.1 Å². The van der Waals surface area contributed by atoms with Gasteiger partial charge < -0.3 is 0 Å². The summed E-state index contributed by atoms with van der Waals surface area (Å²) in [7, 11) is 0. The van der Waals surface area contributed by atoms with Gasteiger partial charge in [-0.2, -0.15) is 0 Å². The van der Waals surface area contributed by atoms with Crippen LogP contribution in [-0.4, -0.2) is 0 Å². The van der Waals surface area contributed by atoms with Crippen molar-refractivity contribution in [2.24, 2.45) is 5.92 Å². The quantitative estimate of drug-likeness (QED) is 0.554. The van der Waals surface area contributed by atoms with Gasteiger partial charge in [-0.1, -0.05) is 43.3 Å². The molecule has 1 fully saturated rings. The third-order valence-electron chi connectivity index (χ3n) is 5.49. The zero-order valence-electron chi connectivity index (χ0n) is 15.4. The van der Waals surface area contributed by atoms with Crippen LogP contribution in [-0.2, 0) is 6.42 Å². The molecule has 2 aromatic rings. The molecule has 138 valence electrons. The highest BCUT2D eigenvalue weighted by Gasteiger charge is 2.23. The molecule has 0 aromatic heterocycles. The Bertz CT molecular complexity index is 799. The van der Waals surface area contributed by atoms with E-state index in [0.717, 1.165) is 36.8 Å². The van der Waals surface area contributed by atoms with Gasteiger partial charge in [-0.05, 0) is 73.6 Å². The molecule has 0 atom stereocenters. The number of halogens is 3. The van der Waals surface area contributed by atoms with E-state index in [4.69, 9.17) is 0 Å². The van der Waals surface area contributed by atoms with E-state index in [2.05, 4.69) is 0 Å². The van der Waals surface area contributed by atoms with E-state index >= 15 is 0 Å². The van der Waals surface area contributed by atoms with Gasteiger partial charge in [-0.25, -0.2) is 13.2 Å². The van der Waals surface area contributed by atoms with Gasteiger partial charge in [-0.15, -0.1) is 0 Å². The summed E-state index contributed by atoms with van der Waals surface area (Å²) in [5.74, 6) is -1.05. The number of rotatable bonds is 4. The normalized spacial score (nSPS) is 20.7. The Balaban J connectivity index is 1.64. The van der Waals surface area contributed by atoms with Crippen LogP contribution in [0.15, 0.2) is 36.4 Å². The summed E-state index contributed by atoms with van der Waals surface area (Å²) in [6.07, 6.45) is 7.85. The van der Waals surface area contributed by atoms with Crippen LogP contribution in [0.2, 0.25) is 0 Å². The smallest absolute Gasteiger partial charge is 0.166 e. The zero-order chi connectivity index (χ0) is 18.7. The molecule has 0 nitrogen and oxygen atoms in total. The molecule has 3 heteroatoms. The molecule has 0 spiro atoms. The Morgan fingerprint density at radius 2 is 1.69 bits per heavy atom. The minimum absolute atomic E-state index is 0.113. The zero-order valence-corrected chi connectivity index (χ0v) is 15.4. The molecular weight excluding hydrogens is 333 g/mol. The standard InChI is InChI=1S/C23H25F3/c1-3-17-11-12-19(23(26)22(17)25)10-7-16-5-8-18(9-6-16)20-13-4-15(2)14-21(20)24/h4,7,10-14,16,18H,3,5-6,8-9H2,1-2H3/b10-7+. The van der Waals surface area contributed by atoms with Crippen LogP contribution >= 0.6 is 0 Å². The molecule has 0 bridgehead atoms. The Hall–Kier alpha value is -2.03. The first-order valence-electron chi connectivity index (χ1n) is 9.40. The predicted octanol–water partition coefficient (Wildman–Crippen LogP) is 6.96. The number of benzene rings is 2. The molecule has 0 heterocycles. The summed E-state index contributed by atoms with van der Waals surface area (Å²) in [6, 6.07) is 8.75. The fourth-order valence-electron chi connectivity index (χ4n) is 3.83. The highest BCUT2D eigenvalue weighted by atomic mass is 19.2. The molecule has 0 N–H and O–H groups in total. The number of hydrogen-bond donors (Lipinski definition) is 0. The van der Waals surface area contributed by atoms with Crippen molar-refractivity contribution in [3.63, 3.8) is 0 Å². The van der Waals surface area contributed by atoms with Crippen LogP contribution in [0.4, 0.5) is 13.2 Å². The van der Waals surface area contributed by atoms with Crippen LogP contribution in [0.3, 0.4) is 0 Å². The van der Waals surface area contributed by atoms with Gasteiger partial charge in [0.15, 0.2) is 11.6 Å². The van der Waals surface area contributed by atoms with Gasteiger partial charge in [-0.3, -0.25) is 0 Å². The summed E-state index contributed by atoms with van der Waals surface area (Å²) in [5.41, 5.74) is 2.44. The minimum Gasteiger partial charge on any atom is -0.207 e. The maximum atomic E-state index is 14.2. The first-order chi connectivity index (χ1) is 12.5. The molecule has 0 aliphatic heterocycles. The third-order valence-corrected chi connectivity index (χ3v) is 5.49. The fourth-order valence-corrected chi connectivity index (χ4v) is 3.83. The second-order valence-electron chi connectivity index (χ2n) is 7.29. The van der Waals surface area contributed by atoms with Crippen LogP contribution in [0.1, 0.15) is 60.8 Å². The molecule has 1 aliphatic carbocycles. The number of aryl methyl sites for hydroxylation is 2. The summed E-state index contributed by atoms with van der Waals surface area (Å²) in [4.78, 5) is 0. The molecule has 0 amide bonds. The van der Waals surface area contributed by atoms with Crippen molar-refractivity contribution in [2.45, 2.75) is 51.9 Å². The molecule has 3 rings (SSSR count). The van der Waals surface area contributed by atoms with E-state index in [1.165, 1.54) is 0 Å². The highest BCUT2D eigenvalue weighted by molar-refractivity contribution is 5.51. The first-order valence-corrected chi connectivity index (χ1v) is 9.40. The summed E-state index contributed by atoms with van der Waals surface area (Å²) in [6.45, 7) is 3.70. The maximum Gasteiger partial charge on any atom is 0.166 e. The van der Waals surface area contributed by atoms with Gasteiger partial charge in [0, 0.05) is 5.56 Å². The second-order valence-corrected chi connectivity index (χ2v) is 7.29. The van der Waals surface area contributed by atoms with Crippen molar-refractivity contribution in [2.75, 3.05) is 0 Å². The van der Waals surface area contributed by atoms with E-state index in [1.807, 2.05) is 32.1 Å². The predicted molar refractivity (Wildman–Crippen MR) is 101 cm³/mol. The van der Waals surface area contributed by atoms with Gasteiger partial charge >= 0.3 is 0 Å². The molecule has 2 aromatic carbocycles. The summed E-state index contributed by atoms with van der Waals surface area (Å²) >= 11 is 0. The lowest BCUT2D eigenvalue weighted by atomic mass is 9.78. The van der Waals surface area contributed by atoms with E-state index in [0.29, 0.717) is 23.5 Å². The van der Waals surface area contributed by atoms with E-state index in [9.17, 15) is 13.2 Å². The average Bonchev–Trinajstić information content (AvgIpc) is 2.64. The first kappa shape index (κ1) is 18.8. The van der Waals surface area contributed by atoms with Gasteiger partial charge in [0.25, 0.3) is 0 Å².